The van der Waals surface area contributed by atoms with Crippen LogP contribution in [-0.4, -0.2) is 47.0 Å². The molecule has 1 aliphatic rings. The fourth-order valence-corrected chi connectivity index (χ4v) is 3.40. The van der Waals surface area contributed by atoms with Crippen molar-refractivity contribution < 1.29 is 19.1 Å². The molecule has 0 bridgehead atoms. The molecular formula is C18H27N3O4S. The summed E-state index contributed by atoms with van der Waals surface area (Å²) >= 11 is 1.40. The van der Waals surface area contributed by atoms with E-state index in [0.717, 1.165) is 19.4 Å². The Morgan fingerprint density at radius 2 is 2.08 bits per heavy atom. The van der Waals surface area contributed by atoms with Crippen molar-refractivity contribution >= 4 is 23.5 Å². The molecule has 1 aliphatic heterocycles. The van der Waals surface area contributed by atoms with Crippen molar-refractivity contribution in [1.82, 2.24) is 9.47 Å². The number of hydrogen-bond donors (Lipinski definition) is 0. The predicted molar refractivity (Wildman–Crippen MR) is 99.9 cm³/mol. The largest absolute Gasteiger partial charge is 0.444 e. The number of thiazole rings is 1. The molecule has 26 heavy (non-hydrogen) atoms. The minimum Gasteiger partial charge on any atom is -0.444 e. The van der Waals surface area contributed by atoms with Crippen molar-refractivity contribution in [3.63, 3.8) is 0 Å². The highest BCUT2D eigenvalue weighted by molar-refractivity contribution is 7.07. The van der Waals surface area contributed by atoms with Gasteiger partial charge in [-0.05, 0) is 39.5 Å². The lowest BCUT2D eigenvalue weighted by Crippen LogP contribution is -2.42. The number of carbonyl (C=O) groups is 2. The Kier molecular flexibility index (Phi) is 7.02. The van der Waals surface area contributed by atoms with Crippen LogP contribution in [0.25, 0.3) is 0 Å². The number of nitrogens with zero attached hydrogens (tertiary/aromatic N) is 3. The van der Waals surface area contributed by atoms with Crippen molar-refractivity contribution in [3.8, 4) is 0 Å². The maximum absolute atomic E-state index is 12.1. The molecular weight excluding hydrogens is 354 g/mol. The zero-order valence-electron chi connectivity index (χ0n) is 15.6. The van der Waals surface area contributed by atoms with Crippen LogP contribution >= 0.6 is 11.3 Å². The predicted octanol–water partition coefficient (Wildman–Crippen LogP) is 3.42. The molecule has 1 saturated heterocycles. The lowest BCUT2D eigenvalue weighted by Gasteiger charge is -2.33. The summed E-state index contributed by atoms with van der Waals surface area (Å²) in [7, 11) is 0. The summed E-state index contributed by atoms with van der Waals surface area (Å²) in [5, 5.41) is 1.90. The minimum atomic E-state index is -0.610. The van der Waals surface area contributed by atoms with E-state index in [-0.39, 0.29) is 12.7 Å². The summed E-state index contributed by atoms with van der Waals surface area (Å²) in [6.07, 6.45) is 4.35. The second kappa shape index (κ2) is 9.02. The standard InChI is InChI=1S/C18H27N3O4S/c1-5-11-24-16(22)19-15-21(10-12-26-15)13-14-6-8-20(9-7-14)17(23)25-18(2,3)4/h5,10,12,14H,1,6-9,11,13H2,2-4H3. The van der Waals surface area contributed by atoms with E-state index in [4.69, 9.17) is 9.47 Å². The molecule has 0 atom stereocenters. The lowest BCUT2D eigenvalue weighted by molar-refractivity contribution is 0.0178. The Labute approximate surface area is 157 Å². The van der Waals surface area contributed by atoms with E-state index in [1.165, 1.54) is 17.4 Å². The summed E-state index contributed by atoms with van der Waals surface area (Å²) < 4.78 is 12.3. The Morgan fingerprint density at radius 3 is 2.69 bits per heavy atom. The molecule has 0 N–H and O–H groups in total. The van der Waals surface area contributed by atoms with Crippen molar-refractivity contribution in [3.05, 3.63) is 29.0 Å². The normalized spacial score (nSPS) is 16.4. The Balaban J connectivity index is 1.89. The third-order valence-corrected chi connectivity index (χ3v) is 4.69. The maximum Gasteiger partial charge on any atom is 0.436 e. The third-order valence-electron chi connectivity index (χ3n) is 3.89. The number of amides is 2. The van der Waals surface area contributed by atoms with Gasteiger partial charge in [-0.1, -0.05) is 12.7 Å². The summed E-state index contributed by atoms with van der Waals surface area (Å²) in [4.78, 5) is 30.1. The first-order chi connectivity index (χ1) is 12.3. The van der Waals surface area contributed by atoms with Gasteiger partial charge >= 0.3 is 12.2 Å². The molecule has 8 heteroatoms. The van der Waals surface area contributed by atoms with E-state index < -0.39 is 11.7 Å². The van der Waals surface area contributed by atoms with E-state index in [0.29, 0.717) is 23.8 Å². The van der Waals surface area contributed by atoms with Crippen LogP contribution in [0.5, 0.6) is 0 Å². The summed E-state index contributed by atoms with van der Waals surface area (Å²) in [5.74, 6) is 0.423. The quantitative estimate of drug-likeness (QED) is 0.749. The Hall–Kier alpha value is -2.09. The first kappa shape index (κ1) is 20.2. The molecule has 144 valence electrons. The molecule has 0 aromatic carbocycles. The van der Waals surface area contributed by atoms with Crippen LogP contribution in [-0.2, 0) is 16.0 Å². The van der Waals surface area contributed by atoms with E-state index in [9.17, 15) is 9.59 Å². The average Bonchev–Trinajstić information content (AvgIpc) is 2.98. The fourth-order valence-electron chi connectivity index (χ4n) is 2.67. The minimum absolute atomic E-state index is 0.150. The molecule has 7 nitrogen and oxygen atoms in total. The van der Waals surface area contributed by atoms with Gasteiger partial charge in [-0.15, -0.1) is 16.3 Å². The Bertz CT molecular complexity index is 694. The number of hydrogen-bond acceptors (Lipinski definition) is 5. The highest BCUT2D eigenvalue weighted by Crippen LogP contribution is 2.21. The Morgan fingerprint density at radius 1 is 1.38 bits per heavy atom. The molecule has 0 aliphatic carbocycles. The van der Waals surface area contributed by atoms with Gasteiger partial charge in [0.15, 0.2) is 4.80 Å². The molecule has 0 radical (unpaired) electrons. The molecule has 2 amide bonds. The van der Waals surface area contributed by atoms with Gasteiger partial charge in [0.2, 0.25) is 0 Å². The SMILES string of the molecule is C=CCOC(=O)N=c1sccn1CC1CCN(C(=O)OC(C)(C)C)CC1. The third kappa shape index (κ3) is 6.33. The van der Waals surface area contributed by atoms with E-state index in [1.54, 1.807) is 4.90 Å². The van der Waals surface area contributed by atoms with Crippen molar-refractivity contribution in [1.29, 1.82) is 0 Å². The van der Waals surface area contributed by atoms with Crippen molar-refractivity contribution in [2.75, 3.05) is 19.7 Å². The highest BCUT2D eigenvalue weighted by atomic mass is 32.1. The van der Waals surface area contributed by atoms with Gasteiger partial charge in [-0.3, -0.25) is 0 Å². The van der Waals surface area contributed by atoms with E-state index >= 15 is 0 Å². The number of carbonyl (C=O) groups excluding carboxylic acids is 2. The van der Waals surface area contributed by atoms with Gasteiger partial charge in [0.25, 0.3) is 0 Å². The zero-order valence-corrected chi connectivity index (χ0v) is 16.5. The van der Waals surface area contributed by atoms with E-state index in [2.05, 4.69) is 11.6 Å². The van der Waals surface area contributed by atoms with Crippen LogP contribution in [0.4, 0.5) is 9.59 Å². The van der Waals surface area contributed by atoms with Crippen LogP contribution in [0, 0.1) is 5.92 Å². The fraction of sp³-hybridized carbons (Fsp3) is 0.611. The van der Waals surface area contributed by atoms with Crippen molar-refractivity contribution in [2.24, 2.45) is 10.9 Å². The first-order valence-corrected chi connectivity index (χ1v) is 9.60. The molecule has 2 rings (SSSR count). The molecule has 1 aromatic rings. The van der Waals surface area contributed by atoms with Crippen LogP contribution in [0.3, 0.4) is 0 Å². The molecule has 1 aromatic heterocycles. The van der Waals surface area contributed by atoms with Gasteiger partial charge in [-0.2, -0.15) is 0 Å². The highest BCUT2D eigenvalue weighted by Gasteiger charge is 2.27. The number of ether oxygens (including phenoxy) is 2. The average molecular weight is 381 g/mol. The number of aromatic nitrogens is 1. The van der Waals surface area contributed by atoms with Gasteiger partial charge < -0.3 is 18.9 Å². The second-order valence-corrected chi connectivity index (χ2v) is 8.10. The lowest BCUT2D eigenvalue weighted by atomic mass is 9.97. The van der Waals surface area contributed by atoms with Gasteiger partial charge in [0, 0.05) is 31.2 Å². The monoisotopic (exact) mass is 381 g/mol. The van der Waals surface area contributed by atoms with E-state index in [1.807, 2.05) is 36.9 Å². The maximum atomic E-state index is 12.1. The molecule has 0 saturated carbocycles. The van der Waals surface area contributed by atoms with Gasteiger partial charge in [0.1, 0.15) is 12.2 Å². The molecule has 0 spiro atoms. The first-order valence-electron chi connectivity index (χ1n) is 8.73. The summed E-state index contributed by atoms with van der Waals surface area (Å²) in [6, 6.07) is 0. The molecule has 2 heterocycles. The topological polar surface area (TPSA) is 73.1 Å². The van der Waals surface area contributed by atoms with Gasteiger partial charge in [-0.25, -0.2) is 9.59 Å². The van der Waals surface area contributed by atoms with Crippen LogP contribution in [0.2, 0.25) is 0 Å². The number of likely N-dealkylation sites (tertiary alicyclic amines) is 1. The second-order valence-electron chi connectivity index (χ2n) is 7.23. The van der Waals surface area contributed by atoms with Crippen LogP contribution < -0.4 is 4.80 Å². The van der Waals surface area contributed by atoms with Crippen molar-refractivity contribution in [2.45, 2.75) is 45.8 Å². The number of rotatable bonds is 4. The van der Waals surface area contributed by atoms with Crippen LogP contribution in [0.1, 0.15) is 33.6 Å². The smallest absolute Gasteiger partial charge is 0.436 e. The summed E-state index contributed by atoms with van der Waals surface area (Å²) in [5.41, 5.74) is -0.475. The summed E-state index contributed by atoms with van der Waals surface area (Å²) in [6.45, 7) is 11.4. The number of piperidine rings is 1. The van der Waals surface area contributed by atoms with Crippen LogP contribution in [0.15, 0.2) is 29.2 Å². The van der Waals surface area contributed by atoms with Gasteiger partial charge in [0.05, 0.1) is 0 Å². The zero-order chi connectivity index (χ0) is 19.2. The molecule has 0 unspecified atom stereocenters. The molecule has 1 fully saturated rings.